The first-order valence-corrected chi connectivity index (χ1v) is 6.66. The Hall–Kier alpha value is -1.02. The van der Waals surface area contributed by atoms with E-state index in [0.717, 1.165) is 18.2 Å². The fourth-order valence-electron chi connectivity index (χ4n) is 2.65. The highest BCUT2D eigenvalue weighted by Gasteiger charge is 2.20. The van der Waals surface area contributed by atoms with Crippen molar-refractivity contribution in [2.75, 3.05) is 7.11 Å². The minimum Gasteiger partial charge on any atom is -0.497 e. The smallest absolute Gasteiger partial charge is 0.118 e. The second kappa shape index (κ2) is 6.06. The van der Waals surface area contributed by atoms with Crippen LogP contribution in [0.2, 0.25) is 0 Å². The maximum absolute atomic E-state index is 5.16. The minimum atomic E-state index is 0.639. The lowest BCUT2D eigenvalue weighted by Crippen LogP contribution is -2.31. The van der Waals surface area contributed by atoms with Gasteiger partial charge in [0.25, 0.3) is 0 Å². The van der Waals surface area contributed by atoms with Crippen molar-refractivity contribution in [2.24, 2.45) is 5.92 Å². The van der Waals surface area contributed by atoms with Crippen molar-refractivity contribution < 1.29 is 4.74 Å². The number of ether oxygens (including phenoxy) is 1. The maximum atomic E-state index is 5.16. The van der Waals surface area contributed by atoms with Crippen LogP contribution in [0.5, 0.6) is 5.75 Å². The molecule has 1 aromatic rings. The van der Waals surface area contributed by atoms with Crippen LogP contribution in [0.1, 0.15) is 38.2 Å². The first-order chi connectivity index (χ1) is 8.29. The lowest BCUT2D eigenvalue weighted by Gasteiger charge is -2.20. The molecule has 0 radical (unpaired) electrons. The lowest BCUT2D eigenvalue weighted by molar-refractivity contribution is 0.380. The molecule has 17 heavy (non-hydrogen) atoms. The van der Waals surface area contributed by atoms with Gasteiger partial charge < -0.3 is 10.1 Å². The Morgan fingerprint density at radius 2 is 1.88 bits per heavy atom. The van der Waals surface area contributed by atoms with Crippen molar-refractivity contribution in [3.8, 4) is 5.75 Å². The van der Waals surface area contributed by atoms with Crippen LogP contribution in [0.25, 0.3) is 0 Å². The quantitative estimate of drug-likeness (QED) is 0.842. The number of hydrogen-bond donors (Lipinski definition) is 1. The molecule has 1 fully saturated rings. The van der Waals surface area contributed by atoms with E-state index >= 15 is 0 Å². The molecule has 1 atom stereocenters. The molecule has 0 unspecified atom stereocenters. The summed E-state index contributed by atoms with van der Waals surface area (Å²) in [5.41, 5.74) is 1.33. The molecule has 1 aliphatic rings. The van der Waals surface area contributed by atoms with Gasteiger partial charge in [0.1, 0.15) is 5.75 Å². The highest BCUT2D eigenvalue weighted by atomic mass is 16.5. The summed E-state index contributed by atoms with van der Waals surface area (Å²) in [4.78, 5) is 0. The van der Waals surface area contributed by atoms with Crippen LogP contribution >= 0.6 is 0 Å². The highest BCUT2D eigenvalue weighted by Crippen LogP contribution is 2.27. The van der Waals surface area contributed by atoms with Gasteiger partial charge in [0.15, 0.2) is 0 Å². The summed E-state index contributed by atoms with van der Waals surface area (Å²) in [7, 11) is 1.70. The van der Waals surface area contributed by atoms with Gasteiger partial charge in [0, 0.05) is 12.6 Å². The summed E-state index contributed by atoms with van der Waals surface area (Å²) in [6.45, 7) is 3.28. The Morgan fingerprint density at radius 1 is 1.24 bits per heavy atom. The van der Waals surface area contributed by atoms with Crippen LogP contribution in [0.3, 0.4) is 0 Å². The molecule has 0 aromatic heterocycles. The Labute approximate surface area is 104 Å². The van der Waals surface area contributed by atoms with Gasteiger partial charge in [0.2, 0.25) is 0 Å². The minimum absolute atomic E-state index is 0.639. The fourth-order valence-corrected chi connectivity index (χ4v) is 2.65. The Kier molecular flexibility index (Phi) is 4.43. The summed E-state index contributed by atoms with van der Waals surface area (Å²) in [5.74, 6) is 1.81. The Balaban J connectivity index is 1.80. The predicted molar refractivity (Wildman–Crippen MR) is 71.3 cm³/mol. The van der Waals surface area contributed by atoms with E-state index < -0.39 is 0 Å². The lowest BCUT2D eigenvalue weighted by atomic mass is 9.99. The van der Waals surface area contributed by atoms with Crippen molar-refractivity contribution >= 4 is 0 Å². The van der Waals surface area contributed by atoms with Gasteiger partial charge in [0.05, 0.1) is 7.11 Å². The third-order valence-electron chi connectivity index (χ3n) is 3.89. The van der Waals surface area contributed by atoms with Crippen molar-refractivity contribution in [2.45, 2.75) is 45.2 Å². The van der Waals surface area contributed by atoms with E-state index in [2.05, 4.69) is 24.4 Å². The molecule has 1 aromatic carbocycles. The van der Waals surface area contributed by atoms with Gasteiger partial charge in [-0.2, -0.15) is 0 Å². The maximum Gasteiger partial charge on any atom is 0.118 e. The largest absolute Gasteiger partial charge is 0.497 e. The number of rotatable bonds is 5. The summed E-state index contributed by atoms with van der Waals surface area (Å²) >= 11 is 0. The molecule has 0 amide bonds. The topological polar surface area (TPSA) is 21.3 Å². The van der Waals surface area contributed by atoms with E-state index in [1.165, 1.54) is 31.2 Å². The second-order valence-corrected chi connectivity index (χ2v) is 5.06. The van der Waals surface area contributed by atoms with E-state index in [4.69, 9.17) is 4.74 Å². The van der Waals surface area contributed by atoms with E-state index in [0.29, 0.717) is 6.04 Å². The summed E-state index contributed by atoms with van der Waals surface area (Å²) < 4.78 is 5.16. The van der Waals surface area contributed by atoms with E-state index in [9.17, 15) is 0 Å². The monoisotopic (exact) mass is 233 g/mol. The van der Waals surface area contributed by atoms with Gasteiger partial charge in [-0.3, -0.25) is 0 Å². The number of nitrogens with one attached hydrogen (secondary N) is 1. The second-order valence-electron chi connectivity index (χ2n) is 5.06. The number of methoxy groups -OCH3 is 1. The molecule has 0 heterocycles. The molecule has 1 saturated carbocycles. The predicted octanol–water partition coefficient (Wildman–Crippen LogP) is 3.36. The van der Waals surface area contributed by atoms with Crippen LogP contribution in [-0.4, -0.2) is 13.2 Å². The van der Waals surface area contributed by atoms with E-state index in [1.54, 1.807) is 7.11 Å². The molecule has 0 aliphatic heterocycles. The zero-order valence-corrected chi connectivity index (χ0v) is 10.9. The van der Waals surface area contributed by atoms with Gasteiger partial charge in [-0.15, -0.1) is 0 Å². The number of benzene rings is 1. The molecule has 94 valence electrons. The average Bonchev–Trinajstić information content (AvgIpc) is 2.90. The van der Waals surface area contributed by atoms with E-state index in [-0.39, 0.29) is 0 Å². The zero-order valence-electron chi connectivity index (χ0n) is 10.9. The van der Waals surface area contributed by atoms with Crippen LogP contribution in [0.15, 0.2) is 24.3 Å². The normalized spacial score (nSPS) is 18.2. The first kappa shape index (κ1) is 12.4. The Morgan fingerprint density at radius 3 is 2.47 bits per heavy atom. The van der Waals surface area contributed by atoms with Crippen LogP contribution in [0.4, 0.5) is 0 Å². The summed E-state index contributed by atoms with van der Waals surface area (Å²) in [6.07, 6.45) is 5.63. The van der Waals surface area contributed by atoms with Crippen LogP contribution < -0.4 is 10.1 Å². The van der Waals surface area contributed by atoms with Gasteiger partial charge >= 0.3 is 0 Å². The van der Waals surface area contributed by atoms with Crippen molar-refractivity contribution in [3.63, 3.8) is 0 Å². The molecule has 1 N–H and O–H groups in total. The van der Waals surface area contributed by atoms with E-state index in [1.807, 2.05) is 12.1 Å². The Bertz CT molecular complexity index is 327. The fraction of sp³-hybridized carbons (Fsp3) is 0.600. The molecular weight excluding hydrogens is 210 g/mol. The third-order valence-corrected chi connectivity index (χ3v) is 3.89. The van der Waals surface area contributed by atoms with Gasteiger partial charge in [-0.25, -0.2) is 0 Å². The first-order valence-electron chi connectivity index (χ1n) is 6.66. The number of hydrogen-bond acceptors (Lipinski definition) is 2. The molecule has 0 bridgehead atoms. The van der Waals surface area contributed by atoms with Crippen LogP contribution in [0, 0.1) is 5.92 Å². The van der Waals surface area contributed by atoms with Crippen molar-refractivity contribution in [3.05, 3.63) is 29.8 Å². The van der Waals surface area contributed by atoms with Crippen molar-refractivity contribution in [1.82, 2.24) is 5.32 Å². The average molecular weight is 233 g/mol. The molecular formula is C15H23NO. The third kappa shape index (κ3) is 3.47. The highest BCUT2D eigenvalue weighted by molar-refractivity contribution is 5.27. The van der Waals surface area contributed by atoms with Gasteiger partial charge in [-0.05, 0) is 43.4 Å². The van der Waals surface area contributed by atoms with Crippen LogP contribution in [-0.2, 0) is 6.54 Å². The standard InChI is InChI=1S/C15H23NO/c1-12(14-5-3-4-6-14)16-11-13-7-9-15(17-2)10-8-13/h7-10,12,14,16H,3-6,11H2,1-2H3/t12-/m1/s1. The molecule has 2 nitrogen and oxygen atoms in total. The zero-order chi connectivity index (χ0) is 12.1. The van der Waals surface area contributed by atoms with Crippen molar-refractivity contribution in [1.29, 1.82) is 0 Å². The molecule has 2 heteroatoms. The van der Waals surface area contributed by atoms with Gasteiger partial charge in [-0.1, -0.05) is 25.0 Å². The molecule has 0 spiro atoms. The molecule has 0 saturated heterocycles. The summed E-state index contributed by atoms with van der Waals surface area (Å²) in [5, 5.41) is 3.64. The summed E-state index contributed by atoms with van der Waals surface area (Å²) in [6, 6.07) is 8.95. The molecule has 1 aliphatic carbocycles. The SMILES string of the molecule is COc1ccc(CN[C@H](C)C2CCCC2)cc1. The molecule has 2 rings (SSSR count).